The van der Waals surface area contributed by atoms with Crippen LogP contribution >= 0.6 is 0 Å². The molecule has 1 saturated carbocycles. The Labute approximate surface area is 90.7 Å². The molecule has 3 heteroatoms. The molecule has 2 N–H and O–H groups in total. The largest absolute Gasteiger partial charge is 0.473 e. The van der Waals surface area contributed by atoms with Crippen molar-refractivity contribution in [3.05, 3.63) is 23.9 Å². The molecule has 82 valence electrons. The average Bonchev–Trinajstić information content (AvgIpc) is 2.24. The summed E-state index contributed by atoms with van der Waals surface area (Å²) in [7, 11) is 0. The highest BCUT2D eigenvalue weighted by Gasteiger charge is 2.24. The standard InChI is InChI=1S/C12H18N2O/c1-9-5-4-8-14-12(9)15-11-7-3-2-6-10(11)13/h4-5,8,10-11H,2-3,6-7,13H2,1H3. The van der Waals surface area contributed by atoms with Crippen LogP contribution in [0.2, 0.25) is 0 Å². The molecule has 0 aromatic carbocycles. The van der Waals surface area contributed by atoms with Crippen LogP contribution in [0, 0.1) is 6.92 Å². The summed E-state index contributed by atoms with van der Waals surface area (Å²) in [5.41, 5.74) is 7.10. The first-order valence-electron chi connectivity index (χ1n) is 5.61. The molecule has 1 aromatic heterocycles. The third kappa shape index (κ3) is 2.48. The number of ether oxygens (including phenoxy) is 1. The molecule has 1 aliphatic carbocycles. The molecule has 1 fully saturated rings. The van der Waals surface area contributed by atoms with E-state index in [1.165, 1.54) is 12.8 Å². The molecule has 2 rings (SSSR count). The van der Waals surface area contributed by atoms with Gasteiger partial charge in [0.25, 0.3) is 0 Å². The smallest absolute Gasteiger partial charge is 0.216 e. The van der Waals surface area contributed by atoms with Gasteiger partial charge in [0.15, 0.2) is 0 Å². The maximum absolute atomic E-state index is 6.02. The Balaban J connectivity index is 2.04. The van der Waals surface area contributed by atoms with E-state index in [0.717, 1.165) is 24.3 Å². The first kappa shape index (κ1) is 10.4. The van der Waals surface area contributed by atoms with E-state index in [0.29, 0.717) is 0 Å². The van der Waals surface area contributed by atoms with Crippen LogP contribution in [0.3, 0.4) is 0 Å². The Morgan fingerprint density at radius 3 is 2.93 bits per heavy atom. The lowest BCUT2D eigenvalue weighted by atomic mass is 9.93. The molecule has 0 aliphatic heterocycles. The van der Waals surface area contributed by atoms with Gasteiger partial charge in [-0.15, -0.1) is 0 Å². The minimum atomic E-state index is 0.146. The van der Waals surface area contributed by atoms with Crippen LogP contribution in [0.5, 0.6) is 5.88 Å². The van der Waals surface area contributed by atoms with E-state index in [1.807, 2.05) is 19.1 Å². The fourth-order valence-electron chi connectivity index (χ4n) is 2.01. The van der Waals surface area contributed by atoms with Crippen molar-refractivity contribution in [1.29, 1.82) is 0 Å². The van der Waals surface area contributed by atoms with Gasteiger partial charge in [-0.05, 0) is 32.3 Å². The summed E-state index contributed by atoms with van der Waals surface area (Å²) in [5.74, 6) is 0.736. The molecule has 2 unspecified atom stereocenters. The molecular formula is C12H18N2O. The van der Waals surface area contributed by atoms with E-state index in [4.69, 9.17) is 10.5 Å². The lowest BCUT2D eigenvalue weighted by molar-refractivity contribution is 0.126. The van der Waals surface area contributed by atoms with Crippen molar-refractivity contribution >= 4 is 0 Å². The first-order chi connectivity index (χ1) is 7.27. The molecule has 1 heterocycles. The van der Waals surface area contributed by atoms with Crippen LogP contribution in [-0.2, 0) is 0 Å². The summed E-state index contributed by atoms with van der Waals surface area (Å²) in [6.07, 6.45) is 6.46. The van der Waals surface area contributed by atoms with Gasteiger partial charge in [0.05, 0.1) is 0 Å². The molecule has 0 amide bonds. The number of nitrogens with two attached hydrogens (primary N) is 1. The van der Waals surface area contributed by atoms with Crippen LogP contribution in [-0.4, -0.2) is 17.1 Å². The lowest BCUT2D eigenvalue weighted by Gasteiger charge is -2.28. The zero-order chi connectivity index (χ0) is 10.7. The number of hydrogen-bond donors (Lipinski definition) is 1. The van der Waals surface area contributed by atoms with Crippen molar-refractivity contribution in [3.8, 4) is 5.88 Å². The van der Waals surface area contributed by atoms with Crippen molar-refractivity contribution in [2.45, 2.75) is 44.8 Å². The van der Waals surface area contributed by atoms with E-state index in [-0.39, 0.29) is 12.1 Å². The Kier molecular flexibility index (Phi) is 3.21. The summed E-state index contributed by atoms with van der Waals surface area (Å²) in [6.45, 7) is 2.01. The molecule has 0 radical (unpaired) electrons. The van der Waals surface area contributed by atoms with Crippen LogP contribution in [0.1, 0.15) is 31.2 Å². The SMILES string of the molecule is Cc1cccnc1OC1CCCCC1N. The molecule has 1 aliphatic rings. The van der Waals surface area contributed by atoms with Gasteiger partial charge in [-0.25, -0.2) is 4.98 Å². The average molecular weight is 206 g/mol. The summed E-state index contributed by atoms with van der Waals surface area (Å²) in [4.78, 5) is 4.23. The monoisotopic (exact) mass is 206 g/mol. The Bertz CT molecular complexity index is 327. The molecule has 0 spiro atoms. The van der Waals surface area contributed by atoms with Gasteiger partial charge < -0.3 is 10.5 Å². The first-order valence-corrected chi connectivity index (χ1v) is 5.61. The number of rotatable bonds is 2. The summed E-state index contributed by atoms with van der Waals surface area (Å²) in [5, 5.41) is 0. The van der Waals surface area contributed by atoms with Gasteiger partial charge in [0, 0.05) is 17.8 Å². The van der Waals surface area contributed by atoms with Gasteiger partial charge in [-0.1, -0.05) is 12.5 Å². The number of hydrogen-bond acceptors (Lipinski definition) is 3. The zero-order valence-corrected chi connectivity index (χ0v) is 9.15. The van der Waals surface area contributed by atoms with E-state index in [2.05, 4.69) is 4.98 Å². The molecular weight excluding hydrogens is 188 g/mol. The third-order valence-corrected chi connectivity index (χ3v) is 2.98. The van der Waals surface area contributed by atoms with Crippen molar-refractivity contribution in [2.24, 2.45) is 5.73 Å². The van der Waals surface area contributed by atoms with E-state index < -0.39 is 0 Å². The van der Waals surface area contributed by atoms with Crippen molar-refractivity contribution in [2.75, 3.05) is 0 Å². The zero-order valence-electron chi connectivity index (χ0n) is 9.15. The predicted octanol–water partition coefficient (Wildman–Crippen LogP) is 2.04. The van der Waals surface area contributed by atoms with Crippen molar-refractivity contribution in [3.63, 3.8) is 0 Å². The van der Waals surface area contributed by atoms with E-state index >= 15 is 0 Å². The van der Waals surface area contributed by atoms with Crippen molar-refractivity contribution in [1.82, 2.24) is 4.98 Å². The van der Waals surface area contributed by atoms with E-state index in [1.54, 1.807) is 6.20 Å². The number of aromatic nitrogens is 1. The summed E-state index contributed by atoms with van der Waals surface area (Å²) >= 11 is 0. The number of aryl methyl sites for hydroxylation is 1. The minimum absolute atomic E-state index is 0.146. The van der Waals surface area contributed by atoms with Crippen LogP contribution < -0.4 is 10.5 Å². The molecule has 0 saturated heterocycles. The molecule has 2 atom stereocenters. The van der Waals surface area contributed by atoms with Crippen LogP contribution in [0.4, 0.5) is 0 Å². The van der Waals surface area contributed by atoms with Gasteiger partial charge >= 0.3 is 0 Å². The molecule has 0 bridgehead atoms. The molecule has 1 aromatic rings. The second kappa shape index (κ2) is 4.62. The maximum Gasteiger partial charge on any atom is 0.216 e. The second-order valence-electron chi connectivity index (χ2n) is 4.23. The van der Waals surface area contributed by atoms with Gasteiger partial charge in [-0.3, -0.25) is 0 Å². The van der Waals surface area contributed by atoms with Gasteiger partial charge in [0.1, 0.15) is 6.10 Å². The highest BCUT2D eigenvalue weighted by atomic mass is 16.5. The predicted molar refractivity (Wildman–Crippen MR) is 59.8 cm³/mol. The quantitative estimate of drug-likeness (QED) is 0.805. The third-order valence-electron chi connectivity index (χ3n) is 2.98. The van der Waals surface area contributed by atoms with Gasteiger partial charge in [0.2, 0.25) is 5.88 Å². The Morgan fingerprint density at radius 1 is 1.40 bits per heavy atom. The van der Waals surface area contributed by atoms with Crippen LogP contribution in [0.25, 0.3) is 0 Å². The maximum atomic E-state index is 6.02. The summed E-state index contributed by atoms with van der Waals surface area (Å²) in [6, 6.07) is 4.10. The summed E-state index contributed by atoms with van der Waals surface area (Å²) < 4.78 is 5.86. The number of nitrogens with zero attached hydrogens (tertiary/aromatic N) is 1. The Morgan fingerprint density at radius 2 is 2.20 bits per heavy atom. The van der Waals surface area contributed by atoms with Crippen molar-refractivity contribution < 1.29 is 4.74 Å². The number of pyridine rings is 1. The topological polar surface area (TPSA) is 48.1 Å². The fourth-order valence-corrected chi connectivity index (χ4v) is 2.01. The normalized spacial score (nSPS) is 26.3. The van der Waals surface area contributed by atoms with Crippen LogP contribution in [0.15, 0.2) is 18.3 Å². The minimum Gasteiger partial charge on any atom is -0.473 e. The highest BCUT2D eigenvalue weighted by Crippen LogP contribution is 2.23. The molecule has 15 heavy (non-hydrogen) atoms. The fraction of sp³-hybridized carbons (Fsp3) is 0.583. The van der Waals surface area contributed by atoms with E-state index in [9.17, 15) is 0 Å². The second-order valence-corrected chi connectivity index (χ2v) is 4.23. The van der Waals surface area contributed by atoms with Gasteiger partial charge in [-0.2, -0.15) is 0 Å². The lowest BCUT2D eigenvalue weighted by Crippen LogP contribution is -2.41. The molecule has 3 nitrogen and oxygen atoms in total. The highest BCUT2D eigenvalue weighted by molar-refractivity contribution is 5.23. The Hall–Kier alpha value is -1.09.